The normalized spacial score (nSPS) is 18.4. The third-order valence-corrected chi connectivity index (χ3v) is 2.62. The second-order valence-electron chi connectivity index (χ2n) is 4.02. The van der Waals surface area contributed by atoms with Gasteiger partial charge >= 0.3 is 0 Å². The van der Waals surface area contributed by atoms with Crippen LogP contribution in [0.3, 0.4) is 0 Å². The van der Waals surface area contributed by atoms with E-state index in [2.05, 4.69) is 5.32 Å². The molecule has 0 aliphatic carbocycles. The lowest BCUT2D eigenvalue weighted by Crippen LogP contribution is -2.41. The number of anilines is 2. The van der Waals surface area contributed by atoms with Crippen LogP contribution in [0.15, 0.2) is 18.2 Å². The summed E-state index contributed by atoms with van der Waals surface area (Å²) >= 11 is 0. The number of hydrogen-bond acceptors (Lipinski definition) is 3. The third-order valence-electron chi connectivity index (χ3n) is 2.62. The molecule has 90 valence electrons. The Morgan fingerprint density at radius 1 is 1.47 bits per heavy atom. The maximum absolute atomic E-state index is 11.7. The maximum atomic E-state index is 11.7. The van der Waals surface area contributed by atoms with E-state index in [-0.39, 0.29) is 11.8 Å². The Labute approximate surface area is 99.4 Å². The molecule has 1 atom stereocenters. The van der Waals surface area contributed by atoms with Gasteiger partial charge in [-0.1, -0.05) is 0 Å². The van der Waals surface area contributed by atoms with Crippen LogP contribution in [0.25, 0.3) is 0 Å². The predicted molar refractivity (Wildman–Crippen MR) is 64.2 cm³/mol. The number of nitrogens with zero attached hydrogens (tertiary/aromatic N) is 1. The van der Waals surface area contributed by atoms with E-state index in [0.29, 0.717) is 17.1 Å². The van der Waals surface area contributed by atoms with Crippen molar-refractivity contribution in [1.29, 1.82) is 0 Å². The van der Waals surface area contributed by atoms with Crippen LogP contribution in [-0.4, -0.2) is 25.0 Å². The van der Waals surface area contributed by atoms with Crippen LogP contribution in [0, 0.1) is 0 Å². The quantitative estimate of drug-likeness (QED) is 0.798. The highest BCUT2D eigenvalue weighted by Crippen LogP contribution is 2.35. The van der Waals surface area contributed by atoms with Crippen LogP contribution in [-0.2, 0) is 9.59 Å². The van der Waals surface area contributed by atoms with Gasteiger partial charge in [0.15, 0.2) is 6.10 Å². The molecule has 0 aromatic heterocycles. The monoisotopic (exact) mass is 234 g/mol. The molecule has 0 bridgehead atoms. The van der Waals surface area contributed by atoms with Crippen molar-refractivity contribution in [2.24, 2.45) is 0 Å². The summed E-state index contributed by atoms with van der Waals surface area (Å²) in [7, 11) is 1.71. The molecule has 1 unspecified atom stereocenters. The maximum Gasteiger partial charge on any atom is 0.267 e. The predicted octanol–water partition coefficient (Wildman–Crippen LogP) is 1.39. The van der Waals surface area contributed by atoms with Crippen molar-refractivity contribution in [1.82, 2.24) is 0 Å². The van der Waals surface area contributed by atoms with Crippen LogP contribution in [0.5, 0.6) is 5.75 Å². The lowest BCUT2D eigenvalue weighted by atomic mass is 10.2. The Balaban J connectivity index is 2.36. The van der Waals surface area contributed by atoms with Gasteiger partial charge in [0, 0.05) is 25.7 Å². The summed E-state index contributed by atoms with van der Waals surface area (Å²) in [5, 5.41) is 2.67. The molecule has 0 fully saturated rings. The van der Waals surface area contributed by atoms with E-state index < -0.39 is 6.10 Å². The summed E-state index contributed by atoms with van der Waals surface area (Å²) in [6, 6.07) is 5.21. The van der Waals surface area contributed by atoms with Crippen molar-refractivity contribution < 1.29 is 14.3 Å². The molecule has 1 aliphatic heterocycles. The van der Waals surface area contributed by atoms with E-state index in [1.54, 1.807) is 37.1 Å². The average Bonchev–Trinajstić information content (AvgIpc) is 2.25. The van der Waals surface area contributed by atoms with Crippen molar-refractivity contribution in [3.63, 3.8) is 0 Å². The van der Waals surface area contributed by atoms with Crippen LogP contribution in [0.4, 0.5) is 11.4 Å². The molecule has 5 heteroatoms. The Bertz CT molecular complexity index is 485. The SMILES string of the molecule is CC(=O)Nc1ccc2c(c1)OC(C)C(=O)N2C. The molecule has 0 spiro atoms. The summed E-state index contributed by atoms with van der Waals surface area (Å²) in [6.45, 7) is 3.14. The Morgan fingerprint density at radius 3 is 2.82 bits per heavy atom. The number of ether oxygens (including phenoxy) is 1. The fraction of sp³-hybridized carbons (Fsp3) is 0.333. The summed E-state index contributed by atoms with van der Waals surface area (Å²) in [4.78, 5) is 24.2. The first kappa shape index (κ1) is 11.4. The highest BCUT2D eigenvalue weighted by Gasteiger charge is 2.28. The largest absolute Gasteiger partial charge is 0.479 e. The average molecular weight is 234 g/mol. The first-order valence-electron chi connectivity index (χ1n) is 5.35. The number of likely N-dealkylation sites (N-methyl/N-ethyl adjacent to an activating group) is 1. The van der Waals surface area contributed by atoms with Gasteiger partial charge in [-0.25, -0.2) is 0 Å². The standard InChI is InChI=1S/C12H14N2O3/c1-7-12(16)14(3)10-5-4-9(13-8(2)15)6-11(10)17-7/h4-7H,1-3H3,(H,13,15). The van der Waals surface area contributed by atoms with Gasteiger partial charge in [-0.2, -0.15) is 0 Å². The van der Waals surface area contributed by atoms with Gasteiger partial charge in [0.1, 0.15) is 5.75 Å². The summed E-state index contributed by atoms with van der Waals surface area (Å²) in [6.07, 6.45) is -0.500. The fourth-order valence-electron chi connectivity index (χ4n) is 1.80. The van der Waals surface area contributed by atoms with Gasteiger partial charge in [-0.15, -0.1) is 0 Å². The molecule has 1 aromatic carbocycles. The topological polar surface area (TPSA) is 58.6 Å². The molecular formula is C12H14N2O3. The lowest BCUT2D eigenvalue weighted by molar-refractivity contribution is -0.125. The van der Waals surface area contributed by atoms with Gasteiger partial charge in [-0.05, 0) is 19.1 Å². The molecule has 0 radical (unpaired) electrons. The van der Waals surface area contributed by atoms with Crippen LogP contribution >= 0.6 is 0 Å². The zero-order chi connectivity index (χ0) is 12.6. The van der Waals surface area contributed by atoms with Crippen molar-refractivity contribution in [3.8, 4) is 5.75 Å². The van der Waals surface area contributed by atoms with E-state index in [0.717, 1.165) is 0 Å². The number of hydrogen-bond donors (Lipinski definition) is 1. The fourth-order valence-corrected chi connectivity index (χ4v) is 1.80. The van der Waals surface area contributed by atoms with Crippen LogP contribution in [0.2, 0.25) is 0 Å². The molecule has 2 rings (SSSR count). The minimum Gasteiger partial charge on any atom is -0.479 e. The molecule has 1 heterocycles. The molecule has 17 heavy (non-hydrogen) atoms. The first-order chi connectivity index (χ1) is 7.99. The van der Waals surface area contributed by atoms with E-state index >= 15 is 0 Å². The Morgan fingerprint density at radius 2 is 2.18 bits per heavy atom. The molecule has 0 saturated heterocycles. The van der Waals surface area contributed by atoms with E-state index in [1.165, 1.54) is 6.92 Å². The molecule has 5 nitrogen and oxygen atoms in total. The van der Waals surface area contributed by atoms with Gasteiger partial charge in [-0.3, -0.25) is 9.59 Å². The Kier molecular flexibility index (Phi) is 2.75. The van der Waals surface area contributed by atoms with Crippen molar-refractivity contribution in [2.75, 3.05) is 17.3 Å². The molecule has 0 saturated carbocycles. The van der Waals surface area contributed by atoms with Crippen molar-refractivity contribution >= 4 is 23.2 Å². The van der Waals surface area contributed by atoms with Crippen LogP contribution < -0.4 is 15.0 Å². The lowest BCUT2D eigenvalue weighted by Gasteiger charge is -2.30. The number of carbonyl (C=O) groups is 2. The zero-order valence-electron chi connectivity index (χ0n) is 9.98. The molecule has 1 N–H and O–H groups in total. The zero-order valence-corrected chi connectivity index (χ0v) is 9.98. The van der Waals surface area contributed by atoms with E-state index in [9.17, 15) is 9.59 Å². The van der Waals surface area contributed by atoms with Gasteiger partial charge < -0.3 is 15.0 Å². The third kappa shape index (κ3) is 2.08. The first-order valence-corrected chi connectivity index (χ1v) is 5.35. The smallest absolute Gasteiger partial charge is 0.267 e. The summed E-state index contributed by atoms with van der Waals surface area (Å²) in [5.41, 5.74) is 1.37. The molecular weight excluding hydrogens is 220 g/mol. The second-order valence-corrected chi connectivity index (χ2v) is 4.02. The van der Waals surface area contributed by atoms with Gasteiger partial charge in [0.2, 0.25) is 5.91 Å². The number of amides is 2. The second kappa shape index (κ2) is 4.08. The summed E-state index contributed by atoms with van der Waals surface area (Å²) < 4.78 is 5.49. The highest BCUT2D eigenvalue weighted by atomic mass is 16.5. The molecule has 2 amide bonds. The van der Waals surface area contributed by atoms with Crippen LogP contribution in [0.1, 0.15) is 13.8 Å². The van der Waals surface area contributed by atoms with Crippen molar-refractivity contribution in [2.45, 2.75) is 20.0 Å². The van der Waals surface area contributed by atoms with Gasteiger partial charge in [0.05, 0.1) is 5.69 Å². The molecule has 1 aromatic rings. The molecule has 1 aliphatic rings. The van der Waals surface area contributed by atoms with E-state index in [4.69, 9.17) is 4.74 Å². The minimum atomic E-state index is -0.500. The minimum absolute atomic E-state index is 0.0789. The van der Waals surface area contributed by atoms with Gasteiger partial charge in [0.25, 0.3) is 5.91 Å². The van der Waals surface area contributed by atoms with Crippen molar-refractivity contribution in [3.05, 3.63) is 18.2 Å². The number of rotatable bonds is 1. The number of benzene rings is 1. The number of fused-ring (bicyclic) bond motifs is 1. The number of nitrogens with one attached hydrogen (secondary N) is 1. The summed E-state index contributed by atoms with van der Waals surface area (Å²) in [5.74, 6) is 0.383. The number of carbonyl (C=O) groups excluding carboxylic acids is 2. The highest BCUT2D eigenvalue weighted by molar-refractivity contribution is 6.00. The Hall–Kier alpha value is -2.04. The van der Waals surface area contributed by atoms with E-state index in [1.807, 2.05) is 0 Å².